The maximum Gasteiger partial charge on any atom is 0.275 e. The van der Waals surface area contributed by atoms with Gasteiger partial charge in [0, 0.05) is 13.1 Å². The van der Waals surface area contributed by atoms with Crippen molar-refractivity contribution in [2.75, 3.05) is 0 Å². The summed E-state index contributed by atoms with van der Waals surface area (Å²) in [4.78, 5) is 37.6. The number of imidazole rings is 2. The topological polar surface area (TPSA) is 118 Å². The number of nitrogens with zero attached hydrogens (tertiary/aromatic N) is 4. The van der Waals surface area contributed by atoms with Crippen molar-refractivity contribution in [3.8, 4) is 0 Å². The second-order valence-corrected chi connectivity index (χ2v) is 15.9. The van der Waals surface area contributed by atoms with Crippen molar-refractivity contribution >= 4 is 45.2 Å². The minimum atomic E-state index is -0.266. The lowest BCUT2D eigenvalue weighted by molar-refractivity contribution is 0.0928. The number of carbonyl (C=O) groups is 2. The summed E-state index contributed by atoms with van der Waals surface area (Å²) in [5.41, 5.74) is 17.7. The number of nitrogens with one attached hydrogen (secondary N) is 4. The van der Waals surface area contributed by atoms with E-state index in [-0.39, 0.29) is 11.8 Å². The molecule has 0 aliphatic rings. The van der Waals surface area contributed by atoms with Gasteiger partial charge >= 0.3 is 0 Å². The molecular weight excluding hydrogens is 705 g/mol. The monoisotopic (exact) mass is 768 g/mol. The summed E-state index contributed by atoms with van der Waals surface area (Å²) in [7, 11) is 0. The van der Waals surface area contributed by atoms with Crippen LogP contribution in [0.25, 0.3) is 22.1 Å². The molecule has 0 atom stereocenters. The van der Waals surface area contributed by atoms with E-state index in [1.54, 1.807) is 0 Å². The van der Waals surface area contributed by atoms with Gasteiger partial charge in [0.2, 0.25) is 0 Å². The Morgan fingerprint density at radius 3 is 1.31 bits per heavy atom. The smallest absolute Gasteiger partial charge is 0.275 e. The van der Waals surface area contributed by atoms with E-state index >= 15 is 0 Å². The summed E-state index contributed by atoms with van der Waals surface area (Å²) < 4.78 is 4.54. The molecule has 2 aromatic carbocycles. The van der Waals surface area contributed by atoms with Crippen LogP contribution in [0.3, 0.4) is 0 Å². The number of fused-ring (bicyclic) bond motifs is 2. The number of aromatic nitrogens is 4. The number of aryl methyl sites for hydroxylation is 2. The molecule has 298 valence electrons. The van der Waals surface area contributed by atoms with Crippen molar-refractivity contribution in [2.45, 2.75) is 157 Å². The molecule has 4 N–H and O–H groups in total. The van der Waals surface area contributed by atoms with Gasteiger partial charge in [-0.25, -0.2) is 20.8 Å². The average Bonchev–Trinajstić information content (AvgIpc) is 3.83. The SMILES string of the molecule is CCCCCCCCCCn1c(CNNC(=O)c2sc(C(=O)NNCc3nc4ccccc4n3CCCCCCCCCC)c(C)c2C)nc2ccccc21. The van der Waals surface area contributed by atoms with Gasteiger partial charge in [0.25, 0.3) is 11.8 Å². The zero-order valence-electron chi connectivity index (χ0n) is 33.8. The molecule has 0 unspecified atom stereocenters. The van der Waals surface area contributed by atoms with Gasteiger partial charge in [0.05, 0.1) is 44.9 Å². The number of para-hydroxylation sites is 4. The Bertz CT molecular complexity index is 1810. The normalized spacial score (nSPS) is 11.6. The Hall–Kier alpha value is -4.06. The van der Waals surface area contributed by atoms with E-state index in [0.29, 0.717) is 22.8 Å². The highest BCUT2D eigenvalue weighted by Crippen LogP contribution is 2.27. The van der Waals surface area contributed by atoms with Gasteiger partial charge in [-0.3, -0.25) is 20.4 Å². The van der Waals surface area contributed by atoms with Crippen LogP contribution < -0.4 is 21.7 Å². The van der Waals surface area contributed by atoms with Gasteiger partial charge < -0.3 is 9.13 Å². The van der Waals surface area contributed by atoms with Crippen LogP contribution in [0.2, 0.25) is 0 Å². The molecule has 5 aromatic rings. The zero-order valence-corrected chi connectivity index (χ0v) is 34.6. The van der Waals surface area contributed by atoms with Crippen LogP contribution in [-0.2, 0) is 26.2 Å². The summed E-state index contributed by atoms with van der Waals surface area (Å²) >= 11 is 1.21. The number of benzene rings is 2. The van der Waals surface area contributed by atoms with E-state index < -0.39 is 0 Å². The summed E-state index contributed by atoms with van der Waals surface area (Å²) in [6.45, 7) is 10.9. The summed E-state index contributed by atoms with van der Waals surface area (Å²) in [5, 5.41) is 0. The van der Waals surface area contributed by atoms with Gasteiger partial charge in [0.1, 0.15) is 11.6 Å². The van der Waals surface area contributed by atoms with Crippen molar-refractivity contribution < 1.29 is 9.59 Å². The molecule has 3 aromatic heterocycles. The van der Waals surface area contributed by atoms with E-state index in [4.69, 9.17) is 9.97 Å². The van der Waals surface area contributed by atoms with Crippen LogP contribution in [0.15, 0.2) is 48.5 Å². The van der Waals surface area contributed by atoms with Gasteiger partial charge in [0.15, 0.2) is 0 Å². The van der Waals surface area contributed by atoms with Crippen LogP contribution >= 0.6 is 11.3 Å². The van der Waals surface area contributed by atoms with Crippen molar-refractivity contribution in [1.29, 1.82) is 0 Å². The fraction of sp³-hybridized carbons (Fsp3) is 0.545. The maximum absolute atomic E-state index is 13.4. The first-order chi connectivity index (χ1) is 26.9. The maximum atomic E-state index is 13.4. The minimum absolute atomic E-state index is 0.266. The number of hydrogen-bond donors (Lipinski definition) is 4. The molecule has 0 aliphatic carbocycles. The van der Waals surface area contributed by atoms with Gasteiger partial charge in [-0.1, -0.05) is 128 Å². The highest BCUT2D eigenvalue weighted by Gasteiger charge is 2.22. The molecular formula is C44H64N8O2S. The van der Waals surface area contributed by atoms with Gasteiger partial charge in [-0.15, -0.1) is 11.3 Å². The quantitative estimate of drug-likeness (QED) is 0.0329. The summed E-state index contributed by atoms with van der Waals surface area (Å²) in [6, 6.07) is 16.4. The number of hydrogen-bond acceptors (Lipinski definition) is 7. The number of amides is 2. The Labute approximate surface area is 332 Å². The van der Waals surface area contributed by atoms with E-state index in [1.807, 2.05) is 50.2 Å². The Morgan fingerprint density at radius 1 is 0.545 bits per heavy atom. The lowest BCUT2D eigenvalue weighted by atomic mass is 10.1. The number of thiophene rings is 1. The predicted molar refractivity (Wildman–Crippen MR) is 227 cm³/mol. The Kier molecular flexibility index (Phi) is 17.2. The molecule has 0 fully saturated rings. The Balaban J connectivity index is 1.12. The molecule has 0 radical (unpaired) electrons. The summed E-state index contributed by atoms with van der Waals surface area (Å²) in [6.07, 6.45) is 20.3. The fourth-order valence-corrected chi connectivity index (χ4v) is 8.48. The van der Waals surface area contributed by atoms with Crippen LogP contribution in [-0.4, -0.2) is 30.9 Å². The summed E-state index contributed by atoms with van der Waals surface area (Å²) in [5.74, 6) is 1.25. The number of unbranched alkanes of at least 4 members (excludes halogenated alkanes) is 14. The van der Waals surface area contributed by atoms with E-state index in [9.17, 15) is 9.59 Å². The Morgan fingerprint density at radius 2 is 0.909 bits per heavy atom. The zero-order chi connectivity index (χ0) is 38.8. The molecule has 2 amide bonds. The number of hydrazine groups is 2. The fourth-order valence-electron chi connectivity index (χ4n) is 7.38. The lowest BCUT2D eigenvalue weighted by Crippen LogP contribution is -2.37. The van der Waals surface area contributed by atoms with Crippen molar-refractivity contribution in [2.24, 2.45) is 0 Å². The minimum Gasteiger partial charge on any atom is -0.327 e. The molecule has 3 heterocycles. The predicted octanol–water partition coefficient (Wildman–Crippen LogP) is 10.2. The van der Waals surface area contributed by atoms with E-state index in [2.05, 4.69) is 56.8 Å². The molecule has 11 heteroatoms. The third-order valence-corrected chi connectivity index (χ3v) is 12.1. The second-order valence-electron chi connectivity index (χ2n) is 14.9. The van der Waals surface area contributed by atoms with Crippen LogP contribution in [0.1, 0.15) is 159 Å². The average molecular weight is 769 g/mol. The van der Waals surface area contributed by atoms with Gasteiger partial charge in [-0.05, 0) is 62.1 Å². The van der Waals surface area contributed by atoms with Crippen molar-refractivity contribution in [1.82, 2.24) is 40.8 Å². The number of rotatable bonds is 26. The highest BCUT2D eigenvalue weighted by molar-refractivity contribution is 7.16. The van der Waals surface area contributed by atoms with Crippen LogP contribution in [0.4, 0.5) is 0 Å². The second kappa shape index (κ2) is 22.5. The van der Waals surface area contributed by atoms with E-state index in [0.717, 1.165) is 70.8 Å². The molecule has 0 aliphatic heterocycles. The first-order valence-corrected chi connectivity index (χ1v) is 21.8. The largest absolute Gasteiger partial charge is 0.327 e. The molecule has 5 rings (SSSR count). The third kappa shape index (κ3) is 12.0. The number of carbonyl (C=O) groups excluding carboxylic acids is 2. The van der Waals surface area contributed by atoms with Crippen molar-refractivity contribution in [3.05, 3.63) is 81.1 Å². The van der Waals surface area contributed by atoms with Crippen molar-refractivity contribution in [3.63, 3.8) is 0 Å². The first kappa shape index (κ1) is 42.1. The molecule has 10 nitrogen and oxygen atoms in total. The van der Waals surface area contributed by atoms with Crippen LogP contribution in [0, 0.1) is 13.8 Å². The van der Waals surface area contributed by atoms with Gasteiger partial charge in [-0.2, -0.15) is 0 Å². The molecule has 0 bridgehead atoms. The molecule has 0 saturated heterocycles. The van der Waals surface area contributed by atoms with Crippen LogP contribution in [0.5, 0.6) is 0 Å². The third-order valence-electron chi connectivity index (χ3n) is 10.7. The molecule has 0 spiro atoms. The molecule has 0 saturated carbocycles. The molecule has 55 heavy (non-hydrogen) atoms. The highest BCUT2D eigenvalue weighted by atomic mass is 32.1. The first-order valence-electron chi connectivity index (χ1n) is 21.0. The van der Waals surface area contributed by atoms with E-state index in [1.165, 1.54) is 101 Å². The lowest BCUT2D eigenvalue weighted by Gasteiger charge is -2.11. The standard InChI is InChI=1S/C44H64N8O2S/c1-5-7-9-11-13-15-17-23-29-51-37-27-21-19-25-35(37)47-39(51)31-45-49-43(53)41-33(3)34(4)42(55-41)44(54)50-46-32-40-48-36-26-20-22-28-38(36)52(40)30-24-18-16-14-12-10-8-6-2/h19-22,25-28,45-46H,5-18,23-24,29-32H2,1-4H3,(H,49,53)(H,50,54).